The largest absolute Gasteiger partial charge is 0.462 e. The van der Waals surface area contributed by atoms with Crippen molar-refractivity contribution >= 4 is 28.0 Å². The lowest BCUT2D eigenvalue weighted by Gasteiger charge is -2.00. The van der Waals surface area contributed by atoms with Crippen molar-refractivity contribution in [1.29, 1.82) is 5.26 Å². The minimum atomic E-state index is -0.633. The van der Waals surface area contributed by atoms with Crippen LogP contribution in [0.5, 0.6) is 0 Å². The van der Waals surface area contributed by atoms with E-state index in [1.54, 1.807) is 12.1 Å². The maximum Gasteiger partial charge on any atom is 0.349 e. The van der Waals surface area contributed by atoms with Crippen LogP contribution in [0.2, 0.25) is 0 Å². The van der Waals surface area contributed by atoms with E-state index in [0.29, 0.717) is 24.5 Å². The second kappa shape index (κ2) is 7.62. The summed E-state index contributed by atoms with van der Waals surface area (Å²) in [5.74, 6) is 0.465. The molecule has 1 aromatic carbocycles. The molecule has 112 valence electrons. The zero-order valence-corrected chi connectivity index (χ0v) is 13.6. The van der Waals surface area contributed by atoms with Gasteiger partial charge in [-0.2, -0.15) is 5.26 Å². The standard InChI is InChI=1S/C17H14BrNO3/c1-2-9-21-17(20)13(11-19)10-15-7-8-16(22-15)12-3-5-14(18)6-4-12/h3-8,10H,2,9H2,1H3/b13-10+. The molecule has 5 heteroatoms. The van der Waals surface area contributed by atoms with Gasteiger partial charge >= 0.3 is 5.97 Å². The number of ether oxygens (including phenoxy) is 1. The highest BCUT2D eigenvalue weighted by atomic mass is 79.9. The average molecular weight is 360 g/mol. The van der Waals surface area contributed by atoms with Crippen LogP contribution in [0.15, 0.2) is 50.9 Å². The summed E-state index contributed by atoms with van der Waals surface area (Å²) in [7, 11) is 0. The van der Waals surface area contributed by atoms with Crippen molar-refractivity contribution in [1.82, 2.24) is 0 Å². The van der Waals surface area contributed by atoms with Gasteiger partial charge in [0.1, 0.15) is 23.2 Å². The van der Waals surface area contributed by atoms with Crippen LogP contribution >= 0.6 is 15.9 Å². The third kappa shape index (κ3) is 4.09. The maximum absolute atomic E-state index is 11.7. The molecule has 0 unspecified atom stereocenters. The molecule has 0 aliphatic rings. The van der Waals surface area contributed by atoms with Crippen LogP contribution in [-0.2, 0) is 9.53 Å². The molecule has 2 rings (SSSR count). The highest BCUT2D eigenvalue weighted by Crippen LogP contribution is 2.25. The molecule has 0 aliphatic heterocycles. The quantitative estimate of drug-likeness (QED) is 0.445. The number of nitrogens with zero attached hydrogens (tertiary/aromatic N) is 1. The predicted molar refractivity (Wildman–Crippen MR) is 86.7 cm³/mol. The number of esters is 1. The Bertz CT molecular complexity index is 723. The van der Waals surface area contributed by atoms with E-state index in [2.05, 4.69) is 15.9 Å². The molecule has 0 spiro atoms. The van der Waals surface area contributed by atoms with Gasteiger partial charge in [0.2, 0.25) is 0 Å². The molecule has 4 nitrogen and oxygen atoms in total. The number of carbonyl (C=O) groups excluding carboxylic acids is 1. The summed E-state index contributed by atoms with van der Waals surface area (Å²) in [5, 5.41) is 9.05. The van der Waals surface area contributed by atoms with Crippen LogP contribution in [0.1, 0.15) is 19.1 Å². The Balaban J connectivity index is 2.20. The first-order chi connectivity index (χ1) is 10.6. The molecule has 0 amide bonds. The molecular formula is C17H14BrNO3. The number of rotatable bonds is 5. The Morgan fingerprint density at radius 3 is 2.68 bits per heavy atom. The molecule has 22 heavy (non-hydrogen) atoms. The molecule has 0 aliphatic carbocycles. The first kappa shape index (κ1) is 16.1. The van der Waals surface area contributed by atoms with Gasteiger partial charge in [0, 0.05) is 16.1 Å². The number of halogens is 1. The van der Waals surface area contributed by atoms with E-state index in [-0.39, 0.29) is 5.57 Å². The summed E-state index contributed by atoms with van der Waals surface area (Å²) in [6.45, 7) is 2.18. The molecule has 0 atom stereocenters. The average Bonchev–Trinajstić information content (AvgIpc) is 2.99. The van der Waals surface area contributed by atoms with Gasteiger partial charge in [-0.1, -0.05) is 35.0 Å². The highest BCUT2D eigenvalue weighted by molar-refractivity contribution is 9.10. The second-order valence-electron chi connectivity index (χ2n) is 4.51. The lowest BCUT2D eigenvalue weighted by Crippen LogP contribution is -2.07. The Hall–Kier alpha value is -2.32. The number of carbonyl (C=O) groups is 1. The number of hydrogen-bond donors (Lipinski definition) is 0. The number of nitriles is 1. The smallest absolute Gasteiger partial charge is 0.349 e. The second-order valence-corrected chi connectivity index (χ2v) is 5.43. The summed E-state index contributed by atoms with van der Waals surface area (Å²) in [6, 6.07) is 13.0. The summed E-state index contributed by atoms with van der Waals surface area (Å²) < 4.78 is 11.6. The molecular weight excluding hydrogens is 346 g/mol. The fourth-order valence-corrected chi connectivity index (χ4v) is 2.02. The molecule has 1 aromatic heterocycles. The van der Waals surface area contributed by atoms with E-state index in [0.717, 1.165) is 10.0 Å². The van der Waals surface area contributed by atoms with Crippen LogP contribution in [0.4, 0.5) is 0 Å². The molecule has 1 heterocycles. The van der Waals surface area contributed by atoms with Gasteiger partial charge in [-0.25, -0.2) is 4.79 Å². The lowest BCUT2D eigenvalue weighted by molar-refractivity contribution is -0.138. The summed E-state index contributed by atoms with van der Waals surface area (Å²) in [6.07, 6.45) is 2.10. The summed E-state index contributed by atoms with van der Waals surface area (Å²) in [4.78, 5) is 11.7. The first-order valence-electron chi connectivity index (χ1n) is 6.78. The van der Waals surface area contributed by atoms with Gasteiger partial charge in [-0.15, -0.1) is 0 Å². The number of furan rings is 1. The predicted octanol–water partition coefficient (Wildman–Crippen LogP) is 4.57. The van der Waals surface area contributed by atoms with Crippen LogP contribution in [0.3, 0.4) is 0 Å². The zero-order chi connectivity index (χ0) is 15.9. The van der Waals surface area contributed by atoms with Crippen molar-refractivity contribution in [2.75, 3.05) is 6.61 Å². The van der Waals surface area contributed by atoms with Gasteiger partial charge in [0.15, 0.2) is 0 Å². The van der Waals surface area contributed by atoms with Crippen molar-refractivity contribution in [3.05, 3.63) is 52.2 Å². The number of hydrogen-bond acceptors (Lipinski definition) is 4. The van der Waals surface area contributed by atoms with Crippen LogP contribution in [0, 0.1) is 11.3 Å². The van der Waals surface area contributed by atoms with E-state index in [1.165, 1.54) is 6.08 Å². The molecule has 0 radical (unpaired) electrons. The molecule has 0 bridgehead atoms. The van der Waals surface area contributed by atoms with Crippen molar-refractivity contribution in [2.45, 2.75) is 13.3 Å². The Kier molecular flexibility index (Phi) is 5.56. The van der Waals surface area contributed by atoms with Gasteiger partial charge in [0.25, 0.3) is 0 Å². The van der Waals surface area contributed by atoms with E-state index in [4.69, 9.17) is 14.4 Å². The zero-order valence-electron chi connectivity index (χ0n) is 12.0. The minimum Gasteiger partial charge on any atom is -0.462 e. The van der Waals surface area contributed by atoms with Crippen molar-refractivity contribution in [3.63, 3.8) is 0 Å². The third-order valence-corrected chi connectivity index (χ3v) is 3.35. The summed E-state index contributed by atoms with van der Waals surface area (Å²) >= 11 is 3.37. The van der Waals surface area contributed by atoms with Crippen LogP contribution in [0.25, 0.3) is 17.4 Å². The van der Waals surface area contributed by atoms with Gasteiger partial charge in [-0.05, 0) is 30.7 Å². The van der Waals surface area contributed by atoms with E-state index >= 15 is 0 Å². The Labute approximate surface area is 137 Å². The SMILES string of the molecule is CCCOC(=O)/C(C#N)=C/c1ccc(-c2ccc(Br)cc2)o1. The van der Waals surface area contributed by atoms with Crippen molar-refractivity contribution < 1.29 is 13.9 Å². The molecule has 0 N–H and O–H groups in total. The van der Waals surface area contributed by atoms with E-state index in [1.807, 2.05) is 37.3 Å². The molecule has 0 fully saturated rings. The fraction of sp³-hybridized carbons (Fsp3) is 0.176. The van der Waals surface area contributed by atoms with E-state index in [9.17, 15) is 4.79 Å². The molecule has 2 aromatic rings. The van der Waals surface area contributed by atoms with Gasteiger partial charge in [0.05, 0.1) is 6.61 Å². The topological polar surface area (TPSA) is 63.2 Å². The fourth-order valence-electron chi connectivity index (χ4n) is 1.75. The maximum atomic E-state index is 11.7. The van der Waals surface area contributed by atoms with Crippen LogP contribution in [-0.4, -0.2) is 12.6 Å². The monoisotopic (exact) mass is 359 g/mol. The van der Waals surface area contributed by atoms with Crippen molar-refractivity contribution in [2.24, 2.45) is 0 Å². The van der Waals surface area contributed by atoms with E-state index < -0.39 is 5.97 Å². The van der Waals surface area contributed by atoms with Gasteiger partial charge in [-0.3, -0.25) is 0 Å². The first-order valence-corrected chi connectivity index (χ1v) is 7.58. The summed E-state index contributed by atoms with van der Waals surface area (Å²) in [5.41, 5.74) is 0.833. The normalized spacial score (nSPS) is 11.0. The Morgan fingerprint density at radius 1 is 1.32 bits per heavy atom. The lowest BCUT2D eigenvalue weighted by atomic mass is 10.2. The van der Waals surface area contributed by atoms with Gasteiger partial charge < -0.3 is 9.15 Å². The molecule has 0 saturated carbocycles. The number of benzene rings is 1. The highest BCUT2D eigenvalue weighted by Gasteiger charge is 2.12. The van der Waals surface area contributed by atoms with Crippen LogP contribution < -0.4 is 0 Å². The Morgan fingerprint density at radius 2 is 2.05 bits per heavy atom. The van der Waals surface area contributed by atoms with Crippen molar-refractivity contribution in [3.8, 4) is 17.4 Å². The molecule has 0 saturated heterocycles. The third-order valence-electron chi connectivity index (χ3n) is 2.82. The minimum absolute atomic E-state index is 0.0786.